The molecule has 0 aromatic carbocycles. The maximum atomic E-state index is 6.08. The Kier molecular flexibility index (Phi) is 8.12. The first-order valence-corrected chi connectivity index (χ1v) is 13.8. The van der Waals surface area contributed by atoms with Gasteiger partial charge in [-0.15, -0.1) is 0 Å². The van der Waals surface area contributed by atoms with Gasteiger partial charge >= 0.3 is 0 Å². The Hall–Kier alpha value is -3.04. The molecule has 8 heteroatoms. The third-order valence-corrected chi connectivity index (χ3v) is 7.27. The van der Waals surface area contributed by atoms with E-state index in [-0.39, 0.29) is 0 Å². The van der Waals surface area contributed by atoms with Gasteiger partial charge in [-0.2, -0.15) is 0 Å². The van der Waals surface area contributed by atoms with Gasteiger partial charge in [-0.25, -0.2) is 0 Å². The normalized spacial score (nSPS) is 17.4. The van der Waals surface area contributed by atoms with E-state index in [1.807, 2.05) is 48.5 Å². The van der Waals surface area contributed by atoms with E-state index in [1.165, 1.54) is 0 Å². The van der Waals surface area contributed by atoms with Gasteiger partial charge in [0.15, 0.2) is 34.6 Å². The van der Waals surface area contributed by atoms with E-state index < -0.39 is 0 Å². The first kappa shape index (κ1) is 25.2. The summed E-state index contributed by atoms with van der Waals surface area (Å²) in [5.41, 5.74) is 0. The summed E-state index contributed by atoms with van der Waals surface area (Å²) in [6, 6.07) is 15.7. The largest absolute Gasteiger partial charge is 0.458 e. The number of nitrogens with zero attached hydrogens (tertiary/aromatic N) is 2. The van der Waals surface area contributed by atoms with Crippen molar-refractivity contribution in [1.82, 2.24) is 9.80 Å². The SMILES string of the molecule is c1cc(-c2ccc(-c3ccc(-c4ccc(CCCN5CCOCC5)o4)o3)o2)oc1CCCN1CCOCC1. The number of hydrogen-bond donors (Lipinski definition) is 0. The summed E-state index contributed by atoms with van der Waals surface area (Å²) in [5.74, 6) is 6.13. The van der Waals surface area contributed by atoms with Crippen LogP contribution in [0.5, 0.6) is 0 Å². The zero-order valence-corrected chi connectivity index (χ0v) is 21.9. The van der Waals surface area contributed by atoms with Gasteiger partial charge in [0.2, 0.25) is 0 Å². The first-order chi connectivity index (χ1) is 18.8. The molecule has 0 spiro atoms. The molecular weight excluding hydrogens is 484 g/mol. The molecule has 0 bridgehead atoms. The van der Waals surface area contributed by atoms with Crippen LogP contribution in [0, 0.1) is 0 Å². The molecule has 0 aliphatic carbocycles. The molecule has 202 valence electrons. The first-order valence-electron chi connectivity index (χ1n) is 13.8. The zero-order chi connectivity index (χ0) is 25.6. The van der Waals surface area contributed by atoms with E-state index in [0.29, 0.717) is 23.0 Å². The van der Waals surface area contributed by atoms with Crippen LogP contribution in [-0.4, -0.2) is 75.5 Å². The summed E-state index contributed by atoms with van der Waals surface area (Å²) >= 11 is 0. The average Bonchev–Trinajstić information content (AvgIpc) is 3.76. The fourth-order valence-electron chi connectivity index (χ4n) is 5.10. The molecule has 38 heavy (non-hydrogen) atoms. The number of hydrogen-bond acceptors (Lipinski definition) is 8. The smallest absolute Gasteiger partial charge is 0.170 e. The van der Waals surface area contributed by atoms with Crippen molar-refractivity contribution in [2.75, 3.05) is 65.7 Å². The van der Waals surface area contributed by atoms with Crippen molar-refractivity contribution in [2.24, 2.45) is 0 Å². The molecule has 6 heterocycles. The second-order valence-electron chi connectivity index (χ2n) is 9.97. The van der Waals surface area contributed by atoms with Crippen LogP contribution >= 0.6 is 0 Å². The van der Waals surface area contributed by atoms with Crippen LogP contribution in [0.1, 0.15) is 24.4 Å². The minimum absolute atomic E-state index is 0.661. The topological polar surface area (TPSA) is 77.5 Å². The maximum absolute atomic E-state index is 6.08. The molecule has 2 saturated heterocycles. The van der Waals surface area contributed by atoms with Crippen molar-refractivity contribution < 1.29 is 27.1 Å². The lowest BCUT2D eigenvalue weighted by molar-refractivity contribution is 0.0373. The van der Waals surface area contributed by atoms with Crippen molar-refractivity contribution >= 4 is 0 Å². The highest BCUT2D eigenvalue weighted by Gasteiger charge is 2.17. The van der Waals surface area contributed by atoms with Gasteiger partial charge in [-0.05, 0) is 74.5 Å². The molecule has 2 aliphatic rings. The van der Waals surface area contributed by atoms with Crippen LogP contribution in [-0.2, 0) is 22.3 Å². The molecule has 4 aromatic heterocycles. The molecule has 2 aliphatic heterocycles. The van der Waals surface area contributed by atoms with Crippen LogP contribution in [0.4, 0.5) is 0 Å². The highest BCUT2D eigenvalue weighted by Crippen LogP contribution is 2.34. The van der Waals surface area contributed by atoms with E-state index in [2.05, 4.69) is 9.80 Å². The third-order valence-electron chi connectivity index (χ3n) is 7.27. The third kappa shape index (κ3) is 6.32. The lowest BCUT2D eigenvalue weighted by Gasteiger charge is -2.26. The molecule has 6 rings (SSSR count). The van der Waals surface area contributed by atoms with Crippen LogP contribution < -0.4 is 0 Å². The molecule has 0 saturated carbocycles. The zero-order valence-electron chi connectivity index (χ0n) is 21.9. The van der Waals surface area contributed by atoms with E-state index in [4.69, 9.17) is 27.1 Å². The number of aryl methyl sites for hydroxylation is 2. The number of rotatable bonds is 11. The standard InChI is InChI=1S/C30H36N2O6/c1(13-31-15-19-33-20-16-31)3-23-5-7-25(35-23)27-9-11-29(37-27)30-12-10-28(38-30)26-8-6-24(36-26)4-2-14-32-17-21-34-22-18-32/h5-12H,1-4,13-22H2. The van der Waals surface area contributed by atoms with Crippen LogP contribution in [0.3, 0.4) is 0 Å². The molecule has 0 radical (unpaired) electrons. The Morgan fingerprint density at radius 2 is 0.789 bits per heavy atom. The number of furan rings is 4. The Morgan fingerprint density at radius 3 is 1.18 bits per heavy atom. The van der Waals surface area contributed by atoms with Crippen molar-refractivity contribution in [2.45, 2.75) is 25.7 Å². The van der Waals surface area contributed by atoms with Crippen molar-refractivity contribution in [3.8, 4) is 34.6 Å². The lowest BCUT2D eigenvalue weighted by atomic mass is 10.2. The highest BCUT2D eigenvalue weighted by atomic mass is 16.5. The van der Waals surface area contributed by atoms with Gasteiger partial charge in [0.25, 0.3) is 0 Å². The van der Waals surface area contributed by atoms with Crippen LogP contribution in [0.25, 0.3) is 34.6 Å². The summed E-state index contributed by atoms with van der Waals surface area (Å²) in [5, 5.41) is 0. The maximum Gasteiger partial charge on any atom is 0.170 e. The number of ether oxygens (including phenoxy) is 2. The Balaban J connectivity index is 1.02. The fourth-order valence-corrected chi connectivity index (χ4v) is 5.10. The van der Waals surface area contributed by atoms with Gasteiger partial charge in [0.1, 0.15) is 11.5 Å². The quantitative estimate of drug-likeness (QED) is 0.253. The van der Waals surface area contributed by atoms with E-state index in [0.717, 1.165) is 114 Å². The van der Waals surface area contributed by atoms with Crippen molar-refractivity contribution in [1.29, 1.82) is 0 Å². The molecule has 0 atom stereocenters. The molecule has 0 N–H and O–H groups in total. The summed E-state index contributed by atoms with van der Waals surface area (Å²) in [4.78, 5) is 4.89. The Morgan fingerprint density at radius 1 is 0.447 bits per heavy atom. The second kappa shape index (κ2) is 12.2. The van der Waals surface area contributed by atoms with Gasteiger partial charge in [-0.1, -0.05) is 0 Å². The Labute approximate surface area is 223 Å². The molecule has 4 aromatic rings. The molecule has 2 fully saturated rings. The highest BCUT2D eigenvalue weighted by molar-refractivity contribution is 5.62. The number of morpholine rings is 2. The molecule has 0 unspecified atom stereocenters. The summed E-state index contributed by atoms with van der Waals surface area (Å²) in [6.45, 7) is 9.54. The van der Waals surface area contributed by atoms with Gasteiger partial charge in [-0.3, -0.25) is 9.80 Å². The van der Waals surface area contributed by atoms with Gasteiger partial charge in [0.05, 0.1) is 26.4 Å². The van der Waals surface area contributed by atoms with Gasteiger partial charge in [0, 0.05) is 39.0 Å². The summed E-state index contributed by atoms with van der Waals surface area (Å²) < 4.78 is 35.1. The van der Waals surface area contributed by atoms with Gasteiger partial charge < -0.3 is 27.1 Å². The second-order valence-corrected chi connectivity index (χ2v) is 9.97. The van der Waals surface area contributed by atoms with E-state index in [9.17, 15) is 0 Å². The average molecular weight is 521 g/mol. The lowest BCUT2D eigenvalue weighted by Crippen LogP contribution is -2.36. The monoisotopic (exact) mass is 520 g/mol. The summed E-state index contributed by atoms with van der Waals surface area (Å²) in [7, 11) is 0. The minimum Gasteiger partial charge on any atom is -0.458 e. The van der Waals surface area contributed by atoms with Crippen molar-refractivity contribution in [3.05, 3.63) is 60.1 Å². The van der Waals surface area contributed by atoms with E-state index >= 15 is 0 Å². The molecular formula is C30H36N2O6. The fraction of sp³-hybridized carbons (Fsp3) is 0.467. The predicted molar refractivity (Wildman–Crippen MR) is 143 cm³/mol. The predicted octanol–water partition coefficient (Wildman–Crippen LogP) is 5.59. The molecule has 0 amide bonds. The van der Waals surface area contributed by atoms with Crippen LogP contribution in [0.2, 0.25) is 0 Å². The summed E-state index contributed by atoms with van der Waals surface area (Å²) in [6.07, 6.45) is 3.94. The van der Waals surface area contributed by atoms with Crippen molar-refractivity contribution in [3.63, 3.8) is 0 Å². The van der Waals surface area contributed by atoms with E-state index in [1.54, 1.807) is 0 Å². The van der Waals surface area contributed by atoms with Crippen LogP contribution in [0.15, 0.2) is 66.2 Å². The Bertz CT molecular complexity index is 1170. The minimum atomic E-state index is 0.661. The molecule has 8 nitrogen and oxygen atoms in total.